The molecule has 0 saturated carbocycles. The molecule has 1 aromatic rings. The van der Waals surface area contributed by atoms with Crippen LogP contribution in [-0.4, -0.2) is 25.5 Å². The quantitative estimate of drug-likeness (QED) is 0.566. The minimum Gasteiger partial charge on any atom is -0.350 e. The van der Waals surface area contributed by atoms with E-state index >= 15 is 0 Å². The molecule has 0 aromatic heterocycles. The van der Waals surface area contributed by atoms with E-state index < -0.39 is 5.79 Å². The Kier molecular flexibility index (Phi) is 8.94. The fourth-order valence-electron chi connectivity index (χ4n) is 3.20. The van der Waals surface area contributed by atoms with E-state index in [-0.39, 0.29) is 0 Å². The van der Waals surface area contributed by atoms with Gasteiger partial charge in [-0.25, -0.2) is 0 Å². The summed E-state index contributed by atoms with van der Waals surface area (Å²) in [5, 5.41) is 3.53. The Bertz CT molecular complexity index is 459. The first-order valence-corrected chi connectivity index (χ1v) is 10.2. The van der Waals surface area contributed by atoms with Crippen LogP contribution in [0, 0.1) is 5.92 Å². The lowest BCUT2D eigenvalue weighted by Crippen LogP contribution is -2.42. The van der Waals surface area contributed by atoms with Gasteiger partial charge in [0.1, 0.15) is 0 Å². The molecule has 1 N–H and O–H groups in total. The standard InChI is InChI=1S/C22H37NO2/c1-4-5-6-7-8-9-10-19-11-13-20(14-12-19)15-23-16-21-17-24-22(2,3)25-18-21/h11-14,21,23H,4-10,15-18H2,1-3H3. The Morgan fingerprint density at radius 3 is 2.20 bits per heavy atom. The molecule has 1 aliphatic rings. The van der Waals surface area contributed by atoms with Gasteiger partial charge in [0.2, 0.25) is 0 Å². The largest absolute Gasteiger partial charge is 0.350 e. The van der Waals surface area contributed by atoms with Crippen LogP contribution < -0.4 is 5.32 Å². The zero-order valence-electron chi connectivity index (χ0n) is 16.5. The number of benzene rings is 1. The maximum absolute atomic E-state index is 5.70. The van der Waals surface area contributed by atoms with Crippen LogP contribution in [0.5, 0.6) is 0 Å². The number of hydrogen-bond acceptors (Lipinski definition) is 3. The average Bonchev–Trinajstić information content (AvgIpc) is 2.61. The average molecular weight is 348 g/mol. The zero-order chi connectivity index (χ0) is 18.0. The summed E-state index contributed by atoms with van der Waals surface area (Å²) in [7, 11) is 0. The zero-order valence-corrected chi connectivity index (χ0v) is 16.5. The highest BCUT2D eigenvalue weighted by molar-refractivity contribution is 5.22. The van der Waals surface area contributed by atoms with E-state index in [9.17, 15) is 0 Å². The van der Waals surface area contributed by atoms with E-state index in [4.69, 9.17) is 9.47 Å². The Hall–Kier alpha value is -0.900. The Labute approximate surface area is 154 Å². The topological polar surface area (TPSA) is 30.5 Å². The second-order valence-corrected chi connectivity index (χ2v) is 7.85. The van der Waals surface area contributed by atoms with Gasteiger partial charge in [-0.2, -0.15) is 0 Å². The first-order valence-electron chi connectivity index (χ1n) is 10.2. The van der Waals surface area contributed by atoms with Crippen molar-refractivity contribution in [2.75, 3.05) is 19.8 Å². The molecular formula is C22H37NO2. The third kappa shape index (κ3) is 8.35. The lowest BCUT2D eigenvalue weighted by atomic mass is 10.0. The van der Waals surface area contributed by atoms with E-state index in [1.807, 2.05) is 13.8 Å². The molecule has 0 aliphatic carbocycles. The molecule has 0 radical (unpaired) electrons. The van der Waals surface area contributed by atoms with Crippen molar-refractivity contribution in [1.29, 1.82) is 0 Å². The predicted molar refractivity (Wildman–Crippen MR) is 105 cm³/mol. The normalized spacial score (nSPS) is 17.7. The van der Waals surface area contributed by atoms with E-state index in [0.717, 1.165) is 26.3 Å². The number of aryl methyl sites for hydroxylation is 1. The maximum Gasteiger partial charge on any atom is 0.162 e. The molecule has 0 bridgehead atoms. The van der Waals surface area contributed by atoms with Crippen LogP contribution >= 0.6 is 0 Å². The van der Waals surface area contributed by atoms with Crippen molar-refractivity contribution in [2.45, 2.75) is 78.0 Å². The monoisotopic (exact) mass is 347 g/mol. The molecule has 0 spiro atoms. The van der Waals surface area contributed by atoms with E-state index in [2.05, 4.69) is 36.5 Å². The molecule has 1 heterocycles. The number of rotatable bonds is 11. The van der Waals surface area contributed by atoms with Crippen molar-refractivity contribution >= 4 is 0 Å². The van der Waals surface area contributed by atoms with Gasteiger partial charge in [-0.15, -0.1) is 0 Å². The van der Waals surface area contributed by atoms with Crippen molar-refractivity contribution in [3.63, 3.8) is 0 Å². The fourth-order valence-corrected chi connectivity index (χ4v) is 3.20. The Balaban J connectivity index is 1.57. The first-order chi connectivity index (χ1) is 12.1. The van der Waals surface area contributed by atoms with Crippen LogP contribution in [0.4, 0.5) is 0 Å². The molecule has 2 rings (SSSR count). The molecule has 1 saturated heterocycles. The summed E-state index contributed by atoms with van der Waals surface area (Å²) >= 11 is 0. The van der Waals surface area contributed by atoms with Gasteiger partial charge in [0.15, 0.2) is 5.79 Å². The molecule has 3 heteroatoms. The van der Waals surface area contributed by atoms with Crippen LogP contribution in [0.1, 0.15) is 70.4 Å². The van der Waals surface area contributed by atoms with Crippen molar-refractivity contribution in [3.05, 3.63) is 35.4 Å². The summed E-state index contributed by atoms with van der Waals surface area (Å²) < 4.78 is 11.4. The van der Waals surface area contributed by atoms with Crippen LogP contribution in [0.2, 0.25) is 0 Å². The summed E-state index contributed by atoms with van der Waals surface area (Å²) in [6.45, 7) is 9.63. The molecule has 0 amide bonds. The summed E-state index contributed by atoms with van der Waals surface area (Å²) in [6, 6.07) is 9.10. The lowest BCUT2D eigenvalue weighted by Gasteiger charge is -2.35. The maximum atomic E-state index is 5.70. The van der Waals surface area contributed by atoms with Crippen molar-refractivity contribution in [3.8, 4) is 0 Å². The van der Waals surface area contributed by atoms with Crippen molar-refractivity contribution in [1.82, 2.24) is 5.32 Å². The summed E-state index contributed by atoms with van der Waals surface area (Å²) in [4.78, 5) is 0. The molecule has 1 aromatic carbocycles. The lowest BCUT2D eigenvalue weighted by molar-refractivity contribution is -0.261. The number of unbranched alkanes of at least 4 members (excludes halogenated alkanes) is 5. The molecule has 1 aliphatic heterocycles. The summed E-state index contributed by atoms with van der Waals surface area (Å²) in [5.41, 5.74) is 2.82. The minimum absolute atomic E-state index is 0.414. The van der Waals surface area contributed by atoms with Gasteiger partial charge >= 0.3 is 0 Å². The first kappa shape index (κ1) is 20.4. The van der Waals surface area contributed by atoms with E-state index in [0.29, 0.717) is 5.92 Å². The van der Waals surface area contributed by atoms with Gasteiger partial charge in [-0.05, 0) is 37.8 Å². The van der Waals surface area contributed by atoms with Crippen LogP contribution in [-0.2, 0) is 22.4 Å². The SMILES string of the molecule is CCCCCCCCc1ccc(CNCC2COC(C)(C)OC2)cc1. The number of ether oxygens (including phenoxy) is 2. The van der Waals surface area contributed by atoms with Crippen LogP contribution in [0.25, 0.3) is 0 Å². The molecular weight excluding hydrogens is 310 g/mol. The van der Waals surface area contributed by atoms with Gasteiger partial charge in [0.05, 0.1) is 13.2 Å². The molecule has 0 atom stereocenters. The van der Waals surface area contributed by atoms with Gasteiger partial charge in [-0.1, -0.05) is 63.3 Å². The minimum atomic E-state index is -0.414. The van der Waals surface area contributed by atoms with Gasteiger partial charge in [0, 0.05) is 19.0 Å². The highest BCUT2D eigenvalue weighted by Crippen LogP contribution is 2.20. The van der Waals surface area contributed by atoms with Gasteiger partial charge in [-0.3, -0.25) is 0 Å². The predicted octanol–water partition coefficient (Wildman–Crippen LogP) is 5.08. The third-order valence-corrected chi connectivity index (χ3v) is 4.94. The number of hydrogen-bond donors (Lipinski definition) is 1. The van der Waals surface area contributed by atoms with E-state index in [1.54, 1.807) is 0 Å². The highest BCUT2D eigenvalue weighted by Gasteiger charge is 2.27. The van der Waals surface area contributed by atoms with E-state index in [1.165, 1.54) is 56.1 Å². The summed E-state index contributed by atoms with van der Waals surface area (Å²) in [6.07, 6.45) is 9.40. The fraction of sp³-hybridized carbons (Fsp3) is 0.727. The van der Waals surface area contributed by atoms with Gasteiger partial charge < -0.3 is 14.8 Å². The number of nitrogens with one attached hydrogen (secondary N) is 1. The highest BCUT2D eigenvalue weighted by atomic mass is 16.7. The Morgan fingerprint density at radius 1 is 0.920 bits per heavy atom. The van der Waals surface area contributed by atoms with Gasteiger partial charge in [0.25, 0.3) is 0 Å². The Morgan fingerprint density at radius 2 is 1.52 bits per heavy atom. The second-order valence-electron chi connectivity index (χ2n) is 7.85. The summed E-state index contributed by atoms with van der Waals surface area (Å²) in [5.74, 6) is 0.0301. The molecule has 0 unspecified atom stereocenters. The molecule has 3 nitrogen and oxygen atoms in total. The third-order valence-electron chi connectivity index (χ3n) is 4.94. The van der Waals surface area contributed by atoms with Crippen LogP contribution in [0.15, 0.2) is 24.3 Å². The molecule has 1 fully saturated rings. The van der Waals surface area contributed by atoms with Crippen molar-refractivity contribution in [2.24, 2.45) is 5.92 Å². The van der Waals surface area contributed by atoms with Crippen LogP contribution in [0.3, 0.4) is 0 Å². The van der Waals surface area contributed by atoms with Crippen molar-refractivity contribution < 1.29 is 9.47 Å². The molecule has 25 heavy (non-hydrogen) atoms. The second kappa shape index (κ2) is 10.9. The molecule has 142 valence electrons. The smallest absolute Gasteiger partial charge is 0.162 e.